The van der Waals surface area contributed by atoms with Crippen molar-refractivity contribution in [3.05, 3.63) is 0 Å². The van der Waals surface area contributed by atoms with Crippen molar-refractivity contribution in [2.75, 3.05) is 39.3 Å². The molecule has 3 rings (SSSR count). The molecule has 1 N–H and O–H groups in total. The SMILES string of the molecule is CCN(C(=O)CN1CC2CNCC2C1)C1CC1. The maximum absolute atomic E-state index is 12.2. The minimum Gasteiger partial charge on any atom is -0.339 e. The van der Waals surface area contributed by atoms with Gasteiger partial charge >= 0.3 is 0 Å². The van der Waals surface area contributed by atoms with E-state index in [0.29, 0.717) is 18.5 Å². The van der Waals surface area contributed by atoms with Crippen LogP contribution >= 0.6 is 0 Å². The molecule has 4 nitrogen and oxygen atoms in total. The molecule has 0 aromatic rings. The van der Waals surface area contributed by atoms with E-state index in [-0.39, 0.29) is 0 Å². The lowest BCUT2D eigenvalue weighted by atomic mass is 10.0. The molecule has 2 heterocycles. The minimum absolute atomic E-state index is 0.350. The quantitative estimate of drug-likeness (QED) is 0.756. The van der Waals surface area contributed by atoms with Crippen LogP contribution in [-0.2, 0) is 4.79 Å². The highest BCUT2D eigenvalue weighted by atomic mass is 16.2. The summed E-state index contributed by atoms with van der Waals surface area (Å²) in [7, 11) is 0. The van der Waals surface area contributed by atoms with Crippen molar-refractivity contribution < 1.29 is 4.79 Å². The van der Waals surface area contributed by atoms with Crippen molar-refractivity contribution in [2.45, 2.75) is 25.8 Å². The summed E-state index contributed by atoms with van der Waals surface area (Å²) in [6.45, 7) is 8.16. The van der Waals surface area contributed by atoms with Gasteiger partial charge in [-0.05, 0) is 44.7 Å². The smallest absolute Gasteiger partial charge is 0.236 e. The number of hydrogen-bond donors (Lipinski definition) is 1. The van der Waals surface area contributed by atoms with E-state index in [1.165, 1.54) is 12.8 Å². The van der Waals surface area contributed by atoms with Crippen LogP contribution in [0.1, 0.15) is 19.8 Å². The molecule has 96 valence electrons. The Balaban J connectivity index is 1.51. The van der Waals surface area contributed by atoms with E-state index in [0.717, 1.165) is 44.6 Å². The molecule has 0 spiro atoms. The predicted octanol–water partition coefficient (Wildman–Crippen LogP) is 0.149. The summed E-state index contributed by atoms with van der Waals surface area (Å²) >= 11 is 0. The molecule has 0 aromatic heterocycles. The normalized spacial score (nSPS) is 32.8. The molecule has 3 aliphatic rings. The number of fused-ring (bicyclic) bond motifs is 1. The number of amides is 1. The highest BCUT2D eigenvalue weighted by Crippen LogP contribution is 2.28. The molecule has 3 fully saturated rings. The van der Waals surface area contributed by atoms with Gasteiger partial charge in [-0.25, -0.2) is 0 Å². The Morgan fingerprint density at radius 2 is 1.94 bits per heavy atom. The molecule has 2 unspecified atom stereocenters. The molecule has 2 atom stereocenters. The summed E-state index contributed by atoms with van der Waals surface area (Å²) in [5.41, 5.74) is 0. The van der Waals surface area contributed by atoms with Crippen LogP contribution in [0.4, 0.5) is 0 Å². The second-order valence-corrected chi connectivity index (χ2v) is 5.78. The zero-order valence-corrected chi connectivity index (χ0v) is 10.7. The predicted molar refractivity (Wildman–Crippen MR) is 66.7 cm³/mol. The number of carbonyl (C=O) groups is 1. The van der Waals surface area contributed by atoms with Gasteiger partial charge in [-0.2, -0.15) is 0 Å². The average molecular weight is 237 g/mol. The third kappa shape index (κ3) is 2.33. The van der Waals surface area contributed by atoms with Crippen molar-refractivity contribution in [1.29, 1.82) is 0 Å². The zero-order valence-electron chi connectivity index (χ0n) is 10.7. The van der Waals surface area contributed by atoms with Gasteiger partial charge in [0.15, 0.2) is 0 Å². The largest absolute Gasteiger partial charge is 0.339 e. The van der Waals surface area contributed by atoms with E-state index >= 15 is 0 Å². The van der Waals surface area contributed by atoms with Gasteiger partial charge in [0, 0.05) is 25.7 Å². The van der Waals surface area contributed by atoms with Gasteiger partial charge in [-0.1, -0.05) is 0 Å². The number of likely N-dealkylation sites (tertiary alicyclic amines) is 1. The monoisotopic (exact) mass is 237 g/mol. The molecule has 1 saturated carbocycles. The molecule has 1 aliphatic carbocycles. The average Bonchev–Trinajstić information content (AvgIpc) is 2.89. The topological polar surface area (TPSA) is 35.6 Å². The molecule has 0 aromatic carbocycles. The van der Waals surface area contributed by atoms with Crippen LogP contribution < -0.4 is 5.32 Å². The summed E-state index contributed by atoms with van der Waals surface area (Å²) in [4.78, 5) is 16.6. The fraction of sp³-hybridized carbons (Fsp3) is 0.923. The first-order chi connectivity index (χ1) is 8.28. The van der Waals surface area contributed by atoms with E-state index in [4.69, 9.17) is 0 Å². The van der Waals surface area contributed by atoms with Gasteiger partial charge in [0.25, 0.3) is 0 Å². The Morgan fingerprint density at radius 1 is 1.29 bits per heavy atom. The number of carbonyl (C=O) groups excluding carboxylic acids is 1. The fourth-order valence-corrected chi connectivity index (χ4v) is 3.39. The fourth-order valence-electron chi connectivity index (χ4n) is 3.39. The molecular formula is C13H23N3O. The van der Waals surface area contributed by atoms with Crippen molar-refractivity contribution in [1.82, 2.24) is 15.1 Å². The summed E-state index contributed by atoms with van der Waals surface area (Å²) in [6.07, 6.45) is 2.43. The van der Waals surface area contributed by atoms with E-state index < -0.39 is 0 Å². The Bertz CT molecular complexity index is 291. The zero-order chi connectivity index (χ0) is 11.8. The van der Waals surface area contributed by atoms with Crippen LogP contribution in [-0.4, -0.2) is 61.0 Å². The summed E-state index contributed by atoms with van der Waals surface area (Å²) in [5, 5.41) is 3.44. The van der Waals surface area contributed by atoms with Crippen molar-refractivity contribution >= 4 is 5.91 Å². The van der Waals surface area contributed by atoms with E-state index in [1.54, 1.807) is 0 Å². The maximum Gasteiger partial charge on any atom is 0.236 e. The number of likely N-dealkylation sites (N-methyl/N-ethyl adjacent to an activating group) is 1. The summed E-state index contributed by atoms with van der Waals surface area (Å²) < 4.78 is 0. The highest BCUT2D eigenvalue weighted by molar-refractivity contribution is 5.79. The first-order valence-electron chi connectivity index (χ1n) is 7.00. The van der Waals surface area contributed by atoms with Gasteiger partial charge in [-0.3, -0.25) is 9.69 Å². The summed E-state index contributed by atoms with van der Waals surface area (Å²) in [5.74, 6) is 1.93. The molecule has 1 amide bonds. The first-order valence-corrected chi connectivity index (χ1v) is 7.00. The van der Waals surface area contributed by atoms with Crippen LogP contribution in [0.2, 0.25) is 0 Å². The van der Waals surface area contributed by atoms with E-state index in [2.05, 4.69) is 22.0 Å². The van der Waals surface area contributed by atoms with Crippen molar-refractivity contribution in [3.63, 3.8) is 0 Å². The van der Waals surface area contributed by atoms with Gasteiger partial charge in [0.1, 0.15) is 0 Å². The van der Waals surface area contributed by atoms with Crippen LogP contribution in [0.3, 0.4) is 0 Å². The Kier molecular flexibility index (Phi) is 3.09. The molecule has 2 aliphatic heterocycles. The second kappa shape index (κ2) is 4.58. The number of nitrogens with zero attached hydrogens (tertiary/aromatic N) is 2. The lowest BCUT2D eigenvalue weighted by molar-refractivity contribution is -0.132. The van der Waals surface area contributed by atoms with E-state index in [9.17, 15) is 4.79 Å². The lowest BCUT2D eigenvalue weighted by Crippen LogP contribution is -2.41. The second-order valence-electron chi connectivity index (χ2n) is 5.78. The number of hydrogen-bond acceptors (Lipinski definition) is 3. The molecule has 0 radical (unpaired) electrons. The molecule has 2 saturated heterocycles. The number of rotatable bonds is 4. The maximum atomic E-state index is 12.2. The molecule has 4 heteroatoms. The molecule has 17 heavy (non-hydrogen) atoms. The van der Waals surface area contributed by atoms with Crippen LogP contribution in [0.25, 0.3) is 0 Å². The molecular weight excluding hydrogens is 214 g/mol. The third-order valence-corrected chi connectivity index (χ3v) is 4.47. The van der Waals surface area contributed by atoms with Gasteiger partial charge in [0.2, 0.25) is 5.91 Å². The van der Waals surface area contributed by atoms with Crippen molar-refractivity contribution in [3.8, 4) is 0 Å². The van der Waals surface area contributed by atoms with E-state index in [1.807, 2.05) is 0 Å². The van der Waals surface area contributed by atoms with Gasteiger partial charge < -0.3 is 10.2 Å². The van der Waals surface area contributed by atoms with Crippen LogP contribution in [0.15, 0.2) is 0 Å². The summed E-state index contributed by atoms with van der Waals surface area (Å²) in [6, 6.07) is 0.566. The highest BCUT2D eigenvalue weighted by Gasteiger charge is 2.38. The minimum atomic E-state index is 0.350. The van der Waals surface area contributed by atoms with Crippen molar-refractivity contribution in [2.24, 2.45) is 11.8 Å². The van der Waals surface area contributed by atoms with Gasteiger partial charge in [-0.15, -0.1) is 0 Å². The lowest BCUT2D eigenvalue weighted by Gasteiger charge is -2.24. The Labute approximate surface area is 103 Å². The Hall–Kier alpha value is -0.610. The first kappa shape index (κ1) is 11.5. The number of nitrogens with one attached hydrogen (secondary N) is 1. The molecule has 0 bridgehead atoms. The standard InChI is InChI=1S/C13H23N3O/c1-2-16(12-3-4-12)13(17)9-15-7-10-5-14-6-11(10)8-15/h10-12,14H,2-9H2,1H3. The Morgan fingerprint density at radius 3 is 2.47 bits per heavy atom. The van der Waals surface area contributed by atoms with Crippen LogP contribution in [0.5, 0.6) is 0 Å². The van der Waals surface area contributed by atoms with Crippen LogP contribution in [0, 0.1) is 11.8 Å². The van der Waals surface area contributed by atoms with Gasteiger partial charge in [0.05, 0.1) is 6.54 Å². The third-order valence-electron chi connectivity index (χ3n) is 4.47.